The van der Waals surface area contributed by atoms with Crippen molar-refractivity contribution in [2.45, 2.75) is 20.3 Å². The van der Waals surface area contributed by atoms with Crippen LogP contribution in [0.5, 0.6) is 0 Å². The van der Waals surface area contributed by atoms with E-state index < -0.39 is 0 Å². The fourth-order valence-corrected chi connectivity index (χ4v) is 4.42. The molecular formula is C21H19BrN4OS. The Morgan fingerprint density at radius 3 is 2.68 bits per heavy atom. The molecule has 0 saturated carbocycles. The second-order valence-corrected chi connectivity index (χ2v) is 8.60. The average Bonchev–Trinajstić information content (AvgIpc) is 3.22. The summed E-state index contributed by atoms with van der Waals surface area (Å²) in [5.74, 6) is 0.670. The van der Waals surface area contributed by atoms with Crippen LogP contribution < -0.4 is 5.32 Å². The minimum Gasteiger partial charge on any atom is -0.352 e. The fraction of sp³-hybridized carbons (Fsp3) is 0.190. The summed E-state index contributed by atoms with van der Waals surface area (Å²) in [7, 11) is 0. The Bertz CT molecular complexity index is 1150. The van der Waals surface area contributed by atoms with Gasteiger partial charge in [0.05, 0.1) is 5.69 Å². The largest absolute Gasteiger partial charge is 0.352 e. The molecular weight excluding hydrogens is 436 g/mol. The summed E-state index contributed by atoms with van der Waals surface area (Å²) < 4.78 is 2.79. The van der Waals surface area contributed by atoms with Gasteiger partial charge in [0.1, 0.15) is 0 Å². The van der Waals surface area contributed by atoms with Crippen molar-refractivity contribution in [1.29, 1.82) is 0 Å². The minimum atomic E-state index is -0.0694. The topological polar surface area (TPSA) is 59.3 Å². The van der Waals surface area contributed by atoms with Gasteiger partial charge in [0, 0.05) is 33.4 Å². The number of nitrogens with zero attached hydrogens (tertiary/aromatic N) is 3. The molecule has 5 nitrogen and oxygen atoms in total. The first-order chi connectivity index (χ1) is 13.5. The quantitative estimate of drug-likeness (QED) is 0.470. The predicted octanol–water partition coefficient (Wildman–Crippen LogP) is 4.81. The molecule has 1 N–H and O–H groups in total. The number of carbonyl (C=O) groups excluding carboxylic acids is 1. The van der Waals surface area contributed by atoms with E-state index in [0.29, 0.717) is 12.1 Å². The lowest BCUT2D eigenvalue weighted by atomic mass is 10.1. The van der Waals surface area contributed by atoms with Gasteiger partial charge in [-0.25, -0.2) is 4.52 Å². The second-order valence-electron chi connectivity index (χ2n) is 6.62. The summed E-state index contributed by atoms with van der Waals surface area (Å²) in [5.41, 5.74) is 3.95. The highest BCUT2D eigenvalue weighted by molar-refractivity contribution is 9.10. The van der Waals surface area contributed by atoms with E-state index in [4.69, 9.17) is 0 Å². The zero-order valence-corrected chi connectivity index (χ0v) is 18.0. The van der Waals surface area contributed by atoms with Gasteiger partial charge in [-0.3, -0.25) is 4.79 Å². The molecule has 0 saturated heterocycles. The van der Waals surface area contributed by atoms with E-state index in [2.05, 4.69) is 50.4 Å². The Balaban J connectivity index is 1.45. The molecule has 7 heteroatoms. The van der Waals surface area contributed by atoms with Crippen molar-refractivity contribution < 1.29 is 4.79 Å². The van der Waals surface area contributed by atoms with Gasteiger partial charge < -0.3 is 5.32 Å². The molecule has 0 radical (unpaired) electrons. The van der Waals surface area contributed by atoms with E-state index in [1.165, 1.54) is 10.4 Å². The number of hydrogen-bond acceptors (Lipinski definition) is 4. The number of amides is 1. The summed E-state index contributed by atoms with van der Waals surface area (Å²) in [6, 6.07) is 15.6. The number of halogens is 1. The molecule has 0 bridgehead atoms. The van der Waals surface area contributed by atoms with E-state index in [1.54, 1.807) is 17.4 Å². The molecule has 28 heavy (non-hydrogen) atoms. The lowest BCUT2D eigenvalue weighted by Crippen LogP contribution is -2.25. The third-order valence-electron chi connectivity index (χ3n) is 4.55. The lowest BCUT2D eigenvalue weighted by Gasteiger charge is -2.05. The number of hydrogen-bond donors (Lipinski definition) is 1. The van der Waals surface area contributed by atoms with E-state index in [1.807, 2.05) is 41.8 Å². The first-order valence-electron chi connectivity index (χ1n) is 8.97. The van der Waals surface area contributed by atoms with Crippen molar-refractivity contribution in [2.75, 3.05) is 6.54 Å². The molecule has 2 aromatic heterocycles. The Kier molecular flexibility index (Phi) is 5.28. The highest BCUT2D eigenvalue weighted by Gasteiger charge is 2.14. The Morgan fingerprint density at radius 2 is 1.96 bits per heavy atom. The molecule has 0 atom stereocenters. The molecule has 1 amide bonds. The zero-order chi connectivity index (χ0) is 19.7. The molecule has 0 unspecified atom stereocenters. The van der Waals surface area contributed by atoms with Crippen LogP contribution in [0.15, 0.2) is 53.0 Å². The number of carbonyl (C=O) groups is 1. The maximum absolute atomic E-state index is 12.3. The summed E-state index contributed by atoms with van der Waals surface area (Å²) in [6.45, 7) is 4.68. The molecule has 142 valence electrons. The highest BCUT2D eigenvalue weighted by atomic mass is 79.9. The summed E-state index contributed by atoms with van der Waals surface area (Å²) in [5, 5.41) is 7.63. The van der Waals surface area contributed by atoms with Crippen molar-refractivity contribution in [3.8, 4) is 11.4 Å². The van der Waals surface area contributed by atoms with Gasteiger partial charge in [-0.15, -0.1) is 5.10 Å². The van der Waals surface area contributed by atoms with Gasteiger partial charge in [-0.2, -0.15) is 4.98 Å². The SMILES string of the molecule is Cc1ccc(-c2nc3sc(CCNC(=O)c4cccc(Br)c4)c(C)n3n2)cc1. The first-order valence-corrected chi connectivity index (χ1v) is 10.6. The monoisotopic (exact) mass is 454 g/mol. The van der Waals surface area contributed by atoms with Crippen LogP contribution in [0.2, 0.25) is 0 Å². The standard InChI is InChI=1S/C21H19BrN4OS/c1-13-6-8-15(9-7-13)19-24-21-26(25-19)14(2)18(28-21)10-11-23-20(27)16-4-3-5-17(22)12-16/h3-9,12H,10-11H2,1-2H3,(H,23,27). The summed E-state index contributed by atoms with van der Waals surface area (Å²) in [6.07, 6.45) is 0.751. The maximum Gasteiger partial charge on any atom is 0.251 e. The normalized spacial score (nSPS) is 11.1. The van der Waals surface area contributed by atoms with Crippen LogP contribution in [0.25, 0.3) is 16.3 Å². The van der Waals surface area contributed by atoms with Gasteiger partial charge in [-0.1, -0.05) is 63.2 Å². The first kappa shape index (κ1) is 18.8. The number of nitrogens with one attached hydrogen (secondary N) is 1. The van der Waals surface area contributed by atoms with Crippen LogP contribution in [0.3, 0.4) is 0 Å². The molecule has 0 aliphatic rings. The Morgan fingerprint density at radius 1 is 1.18 bits per heavy atom. The molecule has 0 aliphatic heterocycles. The molecule has 4 aromatic rings. The number of aromatic nitrogens is 3. The molecule has 4 rings (SSSR count). The number of fused-ring (bicyclic) bond motifs is 1. The molecule has 0 aliphatic carbocycles. The van der Waals surface area contributed by atoms with Crippen molar-refractivity contribution >= 4 is 38.1 Å². The van der Waals surface area contributed by atoms with Gasteiger partial charge >= 0.3 is 0 Å². The minimum absolute atomic E-state index is 0.0694. The summed E-state index contributed by atoms with van der Waals surface area (Å²) in [4.78, 5) is 19.0. The van der Waals surface area contributed by atoms with E-state index in [9.17, 15) is 4.79 Å². The number of aryl methyl sites for hydroxylation is 2. The maximum atomic E-state index is 12.3. The number of thiazole rings is 1. The number of benzene rings is 2. The van der Waals surface area contributed by atoms with Crippen molar-refractivity contribution in [2.24, 2.45) is 0 Å². The predicted molar refractivity (Wildman–Crippen MR) is 116 cm³/mol. The van der Waals surface area contributed by atoms with Gasteiger partial charge in [-0.05, 0) is 32.0 Å². The van der Waals surface area contributed by atoms with Crippen molar-refractivity contribution in [3.05, 3.63) is 74.7 Å². The Labute approximate surface area is 175 Å². The van der Waals surface area contributed by atoms with Gasteiger partial charge in [0.25, 0.3) is 5.91 Å². The molecule has 2 aromatic carbocycles. The smallest absolute Gasteiger partial charge is 0.251 e. The van der Waals surface area contributed by atoms with Crippen LogP contribution in [-0.4, -0.2) is 27.0 Å². The lowest BCUT2D eigenvalue weighted by molar-refractivity contribution is 0.0954. The average molecular weight is 455 g/mol. The highest BCUT2D eigenvalue weighted by Crippen LogP contribution is 2.25. The van der Waals surface area contributed by atoms with Gasteiger partial charge in [0.2, 0.25) is 4.96 Å². The van der Waals surface area contributed by atoms with Crippen LogP contribution in [0.1, 0.15) is 26.5 Å². The van der Waals surface area contributed by atoms with E-state index in [0.717, 1.165) is 32.9 Å². The Hall–Kier alpha value is -2.51. The van der Waals surface area contributed by atoms with Crippen LogP contribution in [-0.2, 0) is 6.42 Å². The second kappa shape index (κ2) is 7.85. The van der Waals surface area contributed by atoms with Gasteiger partial charge in [0.15, 0.2) is 5.82 Å². The third kappa shape index (κ3) is 3.86. The van der Waals surface area contributed by atoms with Crippen LogP contribution in [0, 0.1) is 13.8 Å². The summed E-state index contributed by atoms with van der Waals surface area (Å²) >= 11 is 5.01. The van der Waals surface area contributed by atoms with Crippen LogP contribution >= 0.6 is 27.3 Å². The van der Waals surface area contributed by atoms with Crippen LogP contribution in [0.4, 0.5) is 0 Å². The van der Waals surface area contributed by atoms with Crippen molar-refractivity contribution in [1.82, 2.24) is 19.9 Å². The molecule has 0 fully saturated rings. The van der Waals surface area contributed by atoms with E-state index >= 15 is 0 Å². The fourth-order valence-electron chi connectivity index (χ4n) is 2.96. The van der Waals surface area contributed by atoms with Crippen molar-refractivity contribution in [3.63, 3.8) is 0 Å². The van der Waals surface area contributed by atoms with E-state index in [-0.39, 0.29) is 5.91 Å². The molecule has 0 spiro atoms. The zero-order valence-electron chi connectivity index (χ0n) is 15.6. The number of rotatable bonds is 5. The molecule has 2 heterocycles. The third-order valence-corrected chi connectivity index (χ3v) is 6.23.